The van der Waals surface area contributed by atoms with Gasteiger partial charge in [0.2, 0.25) is 11.9 Å². The van der Waals surface area contributed by atoms with Crippen molar-refractivity contribution in [3.63, 3.8) is 0 Å². The number of nitrogens with two attached hydrogens (primary N) is 4. The van der Waals surface area contributed by atoms with Crippen LogP contribution in [0, 0.1) is 10.8 Å². The zero-order valence-corrected chi connectivity index (χ0v) is 12.6. The zero-order chi connectivity index (χ0) is 17.7. The number of aliphatic imine (C=N–C) groups is 2. The Hall–Kier alpha value is -3.41. The van der Waals surface area contributed by atoms with E-state index in [9.17, 15) is 0 Å². The minimum atomic E-state index is -0.503. The molecule has 0 saturated carbocycles. The third-order valence-corrected chi connectivity index (χ3v) is 1.84. The van der Waals surface area contributed by atoms with Crippen LogP contribution in [0.15, 0.2) is 50.7 Å². The zero-order valence-electron chi connectivity index (χ0n) is 11.9. The monoisotopic (exact) mass is 340 g/mol. The predicted molar refractivity (Wildman–Crippen MR) is 89.7 cm³/mol. The van der Waals surface area contributed by atoms with Gasteiger partial charge in [0.25, 0.3) is 5.96 Å². The standard InChI is InChI=1S/C6H5Cl.C4H12N12/c7-6-4-2-1-3-5-6;5-1(6)11-3(9)13-15-16-14-4(10)12-2(7)8/h1-5H;(H6,5,6,9,11,13,16)(H6,7,8,10,12,14,15). The van der Waals surface area contributed by atoms with Crippen molar-refractivity contribution >= 4 is 35.4 Å². The van der Waals surface area contributed by atoms with Crippen LogP contribution in [0.4, 0.5) is 0 Å². The Labute approximate surface area is 136 Å². The topological polar surface area (TPSA) is 225 Å². The minimum Gasteiger partial charge on any atom is -0.370 e. The normalized spacial score (nSPS) is 10.2. The van der Waals surface area contributed by atoms with Crippen LogP contribution < -0.4 is 33.9 Å². The van der Waals surface area contributed by atoms with Crippen LogP contribution in [-0.2, 0) is 0 Å². The van der Waals surface area contributed by atoms with Crippen LogP contribution in [0.3, 0.4) is 0 Å². The van der Waals surface area contributed by atoms with E-state index in [4.69, 9.17) is 45.4 Å². The molecule has 1 aromatic carbocycles. The van der Waals surface area contributed by atoms with Gasteiger partial charge < -0.3 is 22.9 Å². The summed E-state index contributed by atoms with van der Waals surface area (Å²) in [6, 6.07) is 9.44. The molecule has 1 aromatic rings. The molecule has 0 aromatic heterocycles. The average molecular weight is 341 g/mol. The highest BCUT2D eigenvalue weighted by atomic mass is 35.5. The molecule has 0 fully saturated rings. The van der Waals surface area contributed by atoms with E-state index in [1.807, 2.05) is 30.3 Å². The number of hydrazine groups is 1. The lowest BCUT2D eigenvalue weighted by atomic mass is 10.4. The number of hydrogen-bond acceptors (Lipinski definition) is 3. The summed E-state index contributed by atoms with van der Waals surface area (Å²) in [4.78, 5) is 6.56. The molecule has 0 aliphatic carbocycles. The molecule has 0 radical (unpaired) electrons. The van der Waals surface area contributed by atoms with Gasteiger partial charge in [-0.3, -0.25) is 16.2 Å². The fourth-order valence-electron chi connectivity index (χ4n) is 0.872. The first-order valence-corrected chi connectivity index (χ1v) is 6.17. The lowest BCUT2D eigenvalue weighted by Gasteiger charge is -2.00. The number of guanidine groups is 4. The minimum absolute atomic E-state index is 0.195. The van der Waals surface area contributed by atoms with Gasteiger partial charge in [-0.1, -0.05) is 40.1 Å². The second-order valence-corrected chi connectivity index (χ2v) is 3.91. The van der Waals surface area contributed by atoms with E-state index in [1.54, 1.807) is 0 Å². The van der Waals surface area contributed by atoms with Crippen molar-refractivity contribution in [2.75, 3.05) is 0 Å². The number of halogens is 1. The summed E-state index contributed by atoms with van der Waals surface area (Å²) in [5.41, 5.74) is 24.4. The van der Waals surface area contributed by atoms with Gasteiger partial charge in [-0.2, -0.15) is 15.5 Å². The summed E-state index contributed by atoms with van der Waals surface area (Å²) >= 11 is 5.54. The van der Waals surface area contributed by atoms with E-state index in [1.165, 1.54) is 0 Å². The van der Waals surface area contributed by atoms with Crippen LogP contribution in [-0.4, -0.2) is 23.8 Å². The van der Waals surface area contributed by atoms with Gasteiger partial charge >= 0.3 is 0 Å². The Morgan fingerprint density at radius 2 is 1.61 bits per heavy atom. The second-order valence-electron chi connectivity index (χ2n) is 3.47. The van der Waals surface area contributed by atoms with Crippen LogP contribution >= 0.6 is 11.6 Å². The molecule has 0 atom stereocenters. The molecule has 0 heterocycles. The van der Waals surface area contributed by atoms with Gasteiger partial charge in [-0.05, 0) is 12.1 Å². The Morgan fingerprint density at radius 3 is 2.04 bits per heavy atom. The predicted octanol–water partition coefficient (Wildman–Crippen LogP) is -0.796. The van der Waals surface area contributed by atoms with Crippen molar-refractivity contribution in [2.24, 2.45) is 43.3 Å². The van der Waals surface area contributed by atoms with Gasteiger partial charge in [-0.25, -0.2) is 0 Å². The smallest absolute Gasteiger partial charge is 0.266 e. The maximum Gasteiger partial charge on any atom is 0.266 e. The first-order valence-electron chi connectivity index (χ1n) is 5.80. The summed E-state index contributed by atoms with van der Waals surface area (Å²) in [7, 11) is 0. The SMILES string of the molecule is Clc1ccccc1.N=C(N)N=C(N)NNN=NC(=N)N=C(N)N. The highest BCUT2D eigenvalue weighted by Gasteiger charge is 1.91. The van der Waals surface area contributed by atoms with Gasteiger partial charge in [0.05, 0.1) is 0 Å². The quantitative estimate of drug-likeness (QED) is 0.149. The number of nitrogens with zero attached hydrogens (tertiary/aromatic N) is 4. The summed E-state index contributed by atoms with van der Waals surface area (Å²) in [6.45, 7) is 0. The van der Waals surface area contributed by atoms with Crippen LogP contribution in [0.1, 0.15) is 0 Å². The largest absolute Gasteiger partial charge is 0.370 e. The molecule has 12 N–H and O–H groups in total. The molecule has 12 nitrogen and oxygen atoms in total. The van der Waals surface area contributed by atoms with Gasteiger partial charge in [-0.15, -0.1) is 0 Å². The molecule has 124 valence electrons. The maximum absolute atomic E-state index is 7.03. The molecule has 23 heavy (non-hydrogen) atoms. The van der Waals surface area contributed by atoms with Crippen LogP contribution in [0.5, 0.6) is 0 Å². The highest BCUT2D eigenvalue weighted by Crippen LogP contribution is 2.03. The number of benzene rings is 1. The summed E-state index contributed by atoms with van der Waals surface area (Å²) in [5, 5.41) is 21.0. The number of rotatable bonds is 2. The fraction of sp³-hybridized carbons (Fsp3) is 0. The molecule has 0 spiro atoms. The molecule has 0 amide bonds. The van der Waals surface area contributed by atoms with Crippen molar-refractivity contribution in [1.82, 2.24) is 11.0 Å². The second kappa shape index (κ2) is 11.3. The van der Waals surface area contributed by atoms with E-state index in [2.05, 4.69) is 31.3 Å². The van der Waals surface area contributed by atoms with Crippen molar-refractivity contribution < 1.29 is 0 Å². The molecule has 0 aliphatic heterocycles. The first kappa shape index (κ1) is 19.6. The molecule has 0 bridgehead atoms. The highest BCUT2D eigenvalue weighted by molar-refractivity contribution is 6.30. The molecule has 13 heteroatoms. The first-order chi connectivity index (χ1) is 10.8. The maximum atomic E-state index is 7.03. The van der Waals surface area contributed by atoms with Gasteiger partial charge in [0.15, 0.2) is 5.96 Å². The summed E-state index contributed by atoms with van der Waals surface area (Å²) in [5.74, 6) is -1.48. The van der Waals surface area contributed by atoms with Crippen molar-refractivity contribution in [3.8, 4) is 0 Å². The molecule has 0 unspecified atom stereocenters. The summed E-state index contributed by atoms with van der Waals surface area (Å²) < 4.78 is 0. The third kappa shape index (κ3) is 13.3. The van der Waals surface area contributed by atoms with E-state index >= 15 is 0 Å². The Morgan fingerprint density at radius 1 is 1.00 bits per heavy atom. The Balaban J connectivity index is 0.000000568. The fourth-order valence-corrected chi connectivity index (χ4v) is 1.02. The average Bonchev–Trinajstić information content (AvgIpc) is 2.43. The molecule has 0 aliphatic rings. The van der Waals surface area contributed by atoms with Crippen molar-refractivity contribution in [3.05, 3.63) is 35.4 Å². The van der Waals surface area contributed by atoms with Crippen LogP contribution in [0.2, 0.25) is 5.02 Å². The van der Waals surface area contributed by atoms with Gasteiger partial charge in [0.1, 0.15) is 0 Å². The number of hydrogen-bond donors (Lipinski definition) is 8. The van der Waals surface area contributed by atoms with Crippen LogP contribution in [0.25, 0.3) is 0 Å². The Bertz CT molecular complexity index is 589. The summed E-state index contributed by atoms with van der Waals surface area (Å²) in [6.07, 6.45) is 0. The lowest BCUT2D eigenvalue weighted by molar-refractivity contribution is 0.657. The van der Waals surface area contributed by atoms with E-state index in [-0.39, 0.29) is 11.9 Å². The Kier molecular flexibility index (Phi) is 9.60. The van der Waals surface area contributed by atoms with Crippen molar-refractivity contribution in [2.45, 2.75) is 0 Å². The third-order valence-electron chi connectivity index (χ3n) is 1.59. The molecular formula is C10H17ClN12. The lowest BCUT2D eigenvalue weighted by Crippen LogP contribution is -2.40. The molecular weight excluding hydrogens is 324 g/mol. The number of nitrogens with one attached hydrogen (secondary N) is 4. The molecule has 0 saturated heterocycles. The van der Waals surface area contributed by atoms with E-state index < -0.39 is 11.9 Å². The van der Waals surface area contributed by atoms with E-state index in [0.29, 0.717) is 0 Å². The van der Waals surface area contributed by atoms with Crippen molar-refractivity contribution in [1.29, 1.82) is 10.8 Å². The molecule has 1 rings (SSSR count). The van der Waals surface area contributed by atoms with E-state index in [0.717, 1.165) is 5.02 Å². The van der Waals surface area contributed by atoms with Gasteiger partial charge in [0, 0.05) is 5.02 Å².